The Morgan fingerprint density at radius 1 is 1.38 bits per heavy atom. The highest BCUT2D eigenvalue weighted by molar-refractivity contribution is 6.00. The second-order valence-corrected chi connectivity index (χ2v) is 5.43. The van der Waals surface area contributed by atoms with Crippen LogP contribution >= 0.6 is 12.4 Å². The van der Waals surface area contributed by atoms with Crippen molar-refractivity contribution in [2.24, 2.45) is 5.73 Å². The Bertz CT molecular complexity index is 576. The number of carbonyl (C=O) groups excluding carboxylic acids is 2. The van der Waals surface area contributed by atoms with Crippen LogP contribution in [0.4, 0.5) is 5.69 Å². The van der Waals surface area contributed by atoms with E-state index in [1.807, 2.05) is 6.92 Å². The minimum absolute atomic E-state index is 0. The largest absolute Gasteiger partial charge is 0.383 e. The van der Waals surface area contributed by atoms with Crippen LogP contribution in [0.2, 0.25) is 0 Å². The molecule has 2 rings (SSSR count). The van der Waals surface area contributed by atoms with Crippen LogP contribution in [0, 0.1) is 6.92 Å². The maximum absolute atomic E-state index is 12.6. The van der Waals surface area contributed by atoms with Gasteiger partial charge in [-0.2, -0.15) is 0 Å². The summed E-state index contributed by atoms with van der Waals surface area (Å²) in [5.41, 5.74) is 7.60. The Labute approximate surface area is 147 Å². The van der Waals surface area contributed by atoms with Gasteiger partial charge in [-0.05, 0) is 24.6 Å². The second-order valence-electron chi connectivity index (χ2n) is 5.43. The van der Waals surface area contributed by atoms with Crippen molar-refractivity contribution >= 4 is 29.9 Å². The fraction of sp³-hybridized carbons (Fsp3) is 0.500. The van der Waals surface area contributed by atoms with Crippen molar-refractivity contribution in [2.45, 2.75) is 13.0 Å². The van der Waals surface area contributed by atoms with Crippen molar-refractivity contribution in [3.63, 3.8) is 0 Å². The van der Waals surface area contributed by atoms with Crippen LogP contribution in [0.5, 0.6) is 0 Å². The SMILES string of the molecule is COCC(N)C(=O)Nc1cccc(C(=O)N2CCOCC2)c1C.Cl. The summed E-state index contributed by atoms with van der Waals surface area (Å²) < 4.78 is 10.1. The molecule has 1 atom stereocenters. The number of nitrogens with one attached hydrogen (secondary N) is 1. The first kappa shape index (κ1) is 20.4. The third-order valence-corrected chi connectivity index (χ3v) is 3.80. The number of hydrogen-bond acceptors (Lipinski definition) is 5. The molecular weight excluding hydrogens is 334 g/mol. The van der Waals surface area contributed by atoms with E-state index in [1.54, 1.807) is 23.1 Å². The molecule has 134 valence electrons. The van der Waals surface area contributed by atoms with E-state index in [4.69, 9.17) is 15.2 Å². The average molecular weight is 358 g/mol. The first-order valence-electron chi connectivity index (χ1n) is 7.56. The Kier molecular flexibility index (Phi) is 8.14. The molecular formula is C16H24ClN3O4. The van der Waals surface area contributed by atoms with E-state index in [1.165, 1.54) is 7.11 Å². The van der Waals surface area contributed by atoms with E-state index in [2.05, 4.69) is 5.32 Å². The van der Waals surface area contributed by atoms with Crippen LogP contribution < -0.4 is 11.1 Å². The van der Waals surface area contributed by atoms with Gasteiger partial charge in [0, 0.05) is 31.5 Å². The molecule has 8 heteroatoms. The lowest BCUT2D eigenvalue weighted by atomic mass is 10.0. The summed E-state index contributed by atoms with van der Waals surface area (Å²) >= 11 is 0. The van der Waals surface area contributed by atoms with Crippen molar-refractivity contribution in [3.8, 4) is 0 Å². The molecule has 1 saturated heterocycles. The third-order valence-electron chi connectivity index (χ3n) is 3.80. The minimum Gasteiger partial charge on any atom is -0.383 e. The summed E-state index contributed by atoms with van der Waals surface area (Å²) in [5.74, 6) is -0.394. The van der Waals surface area contributed by atoms with Gasteiger partial charge < -0.3 is 25.4 Å². The van der Waals surface area contributed by atoms with Gasteiger partial charge in [0.05, 0.1) is 19.8 Å². The van der Waals surface area contributed by atoms with Gasteiger partial charge in [0.15, 0.2) is 0 Å². The van der Waals surface area contributed by atoms with Gasteiger partial charge in [-0.3, -0.25) is 9.59 Å². The molecule has 0 aromatic heterocycles. The standard InChI is InChI=1S/C16H23N3O4.ClH/c1-11-12(16(21)19-6-8-23-9-7-19)4-3-5-14(11)18-15(20)13(17)10-22-2;/h3-5,13H,6-10,17H2,1-2H3,(H,18,20);1H. The highest BCUT2D eigenvalue weighted by Crippen LogP contribution is 2.21. The Morgan fingerprint density at radius 3 is 2.67 bits per heavy atom. The van der Waals surface area contributed by atoms with Gasteiger partial charge in [0.2, 0.25) is 5.91 Å². The zero-order valence-electron chi connectivity index (χ0n) is 13.9. The molecule has 1 heterocycles. The van der Waals surface area contributed by atoms with Crippen molar-refractivity contribution < 1.29 is 19.1 Å². The first-order valence-corrected chi connectivity index (χ1v) is 7.56. The summed E-state index contributed by atoms with van der Waals surface area (Å²) in [6.07, 6.45) is 0. The summed E-state index contributed by atoms with van der Waals surface area (Å²) in [6.45, 7) is 4.20. The number of halogens is 1. The number of amides is 2. The topological polar surface area (TPSA) is 93.9 Å². The molecule has 1 aliphatic rings. The lowest BCUT2D eigenvalue weighted by molar-refractivity contribution is -0.118. The average Bonchev–Trinajstić information content (AvgIpc) is 2.57. The van der Waals surface area contributed by atoms with Crippen LogP contribution in [0.1, 0.15) is 15.9 Å². The highest BCUT2D eigenvalue weighted by atomic mass is 35.5. The number of hydrogen-bond donors (Lipinski definition) is 2. The number of nitrogens with zero attached hydrogens (tertiary/aromatic N) is 1. The van der Waals surface area contributed by atoms with Gasteiger partial charge in [-0.25, -0.2) is 0 Å². The number of anilines is 1. The van der Waals surface area contributed by atoms with E-state index in [-0.39, 0.29) is 30.8 Å². The number of morpholine rings is 1. The maximum atomic E-state index is 12.6. The summed E-state index contributed by atoms with van der Waals surface area (Å²) in [4.78, 5) is 26.4. The monoisotopic (exact) mass is 357 g/mol. The molecule has 0 spiro atoms. The molecule has 3 N–H and O–H groups in total. The summed E-state index contributed by atoms with van der Waals surface area (Å²) in [5, 5.41) is 2.75. The van der Waals surface area contributed by atoms with Gasteiger partial charge in [0.25, 0.3) is 5.91 Å². The van der Waals surface area contributed by atoms with E-state index >= 15 is 0 Å². The molecule has 1 aromatic rings. The number of benzene rings is 1. The van der Waals surface area contributed by atoms with Crippen molar-refractivity contribution in [1.29, 1.82) is 0 Å². The van der Waals surface area contributed by atoms with E-state index in [9.17, 15) is 9.59 Å². The zero-order chi connectivity index (χ0) is 16.8. The van der Waals surface area contributed by atoms with Gasteiger partial charge in [0.1, 0.15) is 6.04 Å². The summed E-state index contributed by atoms with van der Waals surface area (Å²) in [7, 11) is 1.49. The Hall–Kier alpha value is -1.67. The Balaban J connectivity index is 0.00000288. The predicted octanol–water partition coefficient (Wildman–Crippen LogP) is 0.801. The highest BCUT2D eigenvalue weighted by Gasteiger charge is 2.22. The van der Waals surface area contributed by atoms with E-state index in [0.717, 1.165) is 5.56 Å². The number of nitrogens with two attached hydrogens (primary N) is 1. The smallest absolute Gasteiger partial charge is 0.254 e. The molecule has 1 aromatic carbocycles. The van der Waals surface area contributed by atoms with Crippen LogP contribution in [-0.2, 0) is 14.3 Å². The molecule has 24 heavy (non-hydrogen) atoms. The fourth-order valence-electron chi connectivity index (χ4n) is 2.42. The fourth-order valence-corrected chi connectivity index (χ4v) is 2.42. The van der Waals surface area contributed by atoms with Gasteiger partial charge in [-0.15, -0.1) is 12.4 Å². The van der Waals surface area contributed by atoms with Crippen LogP contribution in [0.3, 0.4) is 0 Å². The number of rotatable bonds is 5. The van der Waals surface area contributed by atoms with Crippen molar-refractivity contribution in [1.82, 2.24) is 4.90 Å². The maximum Gasteiger partial charge on any atom is 0.254 e. The molecule has 0 bridgehead atoms. The predicted molar refractivity (Wildman–Crippen MR) is 93.6 cm³/mol. The lowest BCUT2D eigenvalue weighted by Gasteiger charge is -2.27. The van der Waals surface area contributed by atoms with Crippen molar-refractivity contribution in [2.75, 3.05) is 45.3 Å². The first-order chi connectivity index (χ1) is 11.0. The van der Waals surface area contributed by atoms with Crippen LogP contribution in [0.15, 0.2) is 18.2 Å². The number of carbonyl (C=O) groups is 2. The molecule has 0 saturated carbocycles. The van der Waals surface area contributed by atoms with Crippen LogP contribution in [-0.4, -0.2) is 62.8 Å². The van der Waals surface area contributed by atoms with Crippen molar-refractivity contribution in [3.05, 3.63) is 29.3 Å². The molecule has 7 nitrogen and oxygen atoms in total. The van der Waals surface area contributed by atoms with Crippen LogP contribution in [0.25, 0.3) is 0 Å². The second kappa shape index (κ2) is 9.58. The molecule has 1 aliphatic heterocycles. The Morgan fingerprint density at radius 2 is 2.04 bits per heavy atom. The zero-order valence-corrected chi connectivity index (χ0v) is 14.7. The molecule has 1 unspecified atom stereocenters. The third kappa shape index (κ3) is 4.91. The normalized spacial score (nSPS) is 15.4. The van der Waals surface area contributed by atoms with Gasteiger partial charge in [-0.1, -0.05) is 6.07 Å². The summed E-state index contributed by atoms with van der Waals surface area (Å²) in [6, 6.07) is 4.51. The van der Waals surface area contributed by atoms with Gasteiger partial charge >= 0.3 is 0 Å². The molecule has 0 radical (unpaired) electrons. The number of ether oxygens (including phenoxy) is 2. The molecule has 2 amide bonds. The molecule has 0 aliphatic carbocycles. The molecule has 1 fully saturated rings. The quantitative estimate of drug-likeness (QED) is 0.813. The number of methoxy groups -OCH3 is 1. The lowest BCUT2D eigenvalue weighted by Crippen LogP contribution is -2.41. The minimum atomic E-state index is -0.752. The van der Waals surface area contributed by atoms with E-state index < -0.39 is 6.04 Å². The van der Waals surface area contributed by atoms with E-state index in [0.29, 0.717) is 37.6 Å².